The zero-order chi connectivity index (χ0) is 21.2. The Balaban J connectivity index is 1.96. The van der Waals surface area contributed by atoms with E-state index < -0.39 is 0 Å². The predicted octanol–water partition coefficient (Wildman–Crippen LogP) is 2.95. The normalized spacial score (nSPS) is 10.6. The highest BCUT2D eigenvalue weighted by atomic mass is 32.1. The molecule has 0 aliphatic carbocycles. The Morgan fingerprint density at radius 2 is 1.86 bits per heavy atom. The maximum atomic E-state index is 12.8. The van der Waals surface area contributed by atoms with Crippen LogP contribution in [-0.2, 0) is 16.0 Å². The van der Waals surface area contributed by atoms with Crippen LogP contribution in [0.5, 0.6) is 0 Å². The summed E-state index contributed by atoms with van der Waals surface area (Å²) in [5.74, 6) is -0.358. The van der Waals surface area contributed by atoms with E-state index in [1.54, 1.807) is 34.5 Å². The third-order valence-electron chi connectivity index (χ3n) is 3.94. The van der Waals surface area contributed by atoms with Crippen LogP contribution in [0.2, 0.25) is 0 Å². The molecule has 1 heterocycles. The maximum absolute atomic E-state index is 12.8. The number of thiazole rings is 1. The van der Waals surface area contributed by atoms with Crippen molar-refractivity contribution in [2.75, 3.05) is 25.0 Å². The van der Waals surface area contributed by atoms with Gasteiger partial charge in [-0.15, -0.1) is 11.3 Å². The molecule has 7 nitrogen and oxygen atoms in total. The van der Waals surface area contributed by atoms with Gasteiger partial charge in [0.25, 0.3) is 5.91 Å². The molecule has 0 saturated carbocycles. The number of carbonyl (C=O) groups is 3. The molecule has 0 radical (unpaired) electrons. The maximum Gasteiger partial charge on any atom is 0.254 e. The van der Waals surface area contributed by atoms with E-state index in [2.05, 4.69) is 15.6 Å². The lowest BCUT2D eigenvalue weighted by Crippen LogP contribution is -2.40. The molecular formula is C21H28N4O3S. The summed E-state index contributed by atoms with van der Waals surface area (Å²) in [5, 5.41) is 7.70. The molecule has 3 amide bonds. The molecule has 0 unspecified atom stereocenters. The predicted molar refractivity (Wildman–Crippen MR) is 115 cm³/mol. The van der Waals surface area contributed by atoms with Gasteiger partial charge >= 0.3 is 0 Å². The number of rotatable bonds is 10. The van der Waals surface area contributed by atoms with Gasteiger partial charge < -0.3 is 15.5 Å². The van der Waals surface area contributed by atoms with Crippen molar-refractivity contribution in [1.29, 1.82) is 0 Å². The molecule has 0 atom stereocenters. The minimum Gasteiger partial charge on any atom is -0.356 e. The minimum atomic E-state index is -0.314. The van der Waals surface area contributed by atoms with Crippen molar-refractivity contribution in [2.24, 2.45) is 5.92 Å². The highest BCUT2D eigenvalue weighted by Gasteiger charge is 2.20. The second-order valence-electron chi connectivity index (χ2n) is 7.16. The second kappa shape index (κ2) is 11.3. The first kappa shape index (κ1) is 22.5. The quantitative estimate of drug-likeness (QED) is 0.623. The van der Waals surface area contributed by atoms with Gasteiger partial charge in [-0.2, -0.15) is 0 Å². The first-order chi connectivity index (χ1) is 13.9. The fraction of sp³-hybridized carbons (Fsp3) is 0.429. The second-order valence-corrected chi connectivity index (χ2v) is 8.02. The summed E-state index contributed by atoms with van der Waals surface area (Å²) in [6.45, 7) is 7.04. The first-order valence-corrected chi connectivity index (χ1v) is 10.6. The van der Waals surface area contributed by atoms with E-state index in [0.29, 0.717) is 29.5 Å². The number of benzene rings is 1. The Morgan fingerprint density at radius 3 is 2.52 bits per heavy atom. The summed E-state index contributed by atoms with van der Waals surface area (Å²) < 4.78 is 0. The van der Waals surface area contributed by atoms with Gasteiger partial charge in [0.15, 0.2) is 5.13 Å². The standard InChI is InChI=1S/C21H28N4O3S/c1-4-10-22-18(26)11-17-14-29-21(23-17)24-19(27)13-25(12-15(2)3)20(28)16-8-6-5-7-9-16/h5-9,14-15H,4,10-13H2,1-3H3,(H,22,26)(H,23,24,27). The minimum absolute atomic E-state index is 0.0577. The van der Waals surface area contributed by atoms with Crippen molar-refractivity contribution in [3.63, 3.8) is 0 Å². The molecule has 1 aromatic heterocycles. The molecular weight excluding hydrogens is 388 g/mol. The average Bonchev–Trinajstić information content (AvgIpc) is 3.12. The molecule has 0 bridgehead atoms. The zero-order valence-corrected chi connectivity index (χ0v) is 17.9. The highest BCUT2D eigenvalue weighted by Crippen LogP contribution is 2.16. The van der Waals surface area contributed by atoms with E-state index in [4.69, 9.17) is 0 Å². The molecule has 0 saturated heterocycles. The van der Waals surface area contributed by atoms with Crippen LogP contribution in [0, 0.1) is 5.92 Å². The summed E-state index contributed by atoms with van der Waals surface area (Å²) >= 11 is 1.26. The number of amides is 3. The van der Waals surface area contributed by atoms with Crippen LogP contribution in [0.25, 0.3) is 0 Å². The van der Waals surface area contributed by atoms with Crippen molar-refractivity contribution in [1.82, 2.24) is 15.2 Å². The van der Waals surface area contributed by atoms with Gasteiger partial charge in [-0.25, -0.2) is 4.98 Å². The number of aromatic nitrogens is 1. The monoisotopic (exact) mass is 416 g/mol. The van der Waals surface area contributed by atoms with Crippen LogP contribution in [-0.4, -0.2) is 47.2 Å². The molecule has 0 spiro atoms. The fourth-order valence-electron chi connectivity index (χ4n) is 2.69. The van der Waals surface area contributed by atoms with Crippen molar-refractivity contribution < 1.29 is 14.4 Å². The summed E-state index contributed by atoms with van der Waals surface area (Å²) in [7, 11) is 0. The first-order valence-electron chi connectivity index (χ1n) is 9.74. The highest BCUT2D eigenvalue weighted by molar-refractivity contribution is 7.13. The number of hydrogen-bond acceptors (Lipinski definition) is 5. The van der Waals surface area contributed by atoms with E-state index in [9.17, 15) is 14.4 Å². The SMILES string of the molecule is CCCNC(=O)Cc1csc(NC(=O)CN(CC(C)C)C(=O)c2ccccc2)n1. The largest absolute Gasteiger partial charge is 0.356 e. The summed E-state index contributed by atoms with van der Waals surface area (Å²) in [6, 6.07) is 8.93. The Kier molecular flexibility index (Phi) is 8.79. The molecule has 1 aromatic carbocycles. The van der Waals surface area contributed by atoms with Crippen LogP contribution in [0.3, 0.4) is 0 Å². The van der Waals surface area contributed by atoms with Crippen molar-refractivity contribution in [3.05, 3.63) is 47.0 Å². The van der Waals surface area contributed by atoms with Crippen LogP contribution in [0.15, 0.2) is 35.7 Å². The Morgan fingerprint density at radius 1 is 1.14 bits per heavy atom. The van der Waals surface area contributed by atoms with Crippen molar-refractivity contribution in [3.8, 4) is 0 Å². The fourth-order valence-corrected chi connectivity index (χ4v) is 3.42. The third kappa shape index (κ3) is 7.65. The Hall–Kier alpha value is -2.74. The van der Waals surface area contributed by atoms with Crippen LogP contribution in [0.1, 0.15) is 43.2 Å². The summed E-state index contributed by atoms with van der Waals surface area (Å²) in [6.07, 6.45) is 1.05. The van der Waals surface area contributed by atoms with E-state index in [-0.39, 0.29) is 36.6 Å². The zero-order valence-electron chi connectivity index (χ0n) is 17.1. The molecule has 2 N–H and O–H groups in total. The van der Waals surface area contributed by atoms with Crippen LogP contribution >= 0.6 is 11.3 Å². The number of hydrogen-bond donors (Lipinski definition) is 2. The molecule has 0 fully saturated rings. The number of anilines is 1. The van der Waals surface area contributed by atoms with E-state index >= 15 is 0 Å². The van der Waals surface area contributed by atoms with Gasteiger partial charge in [-0.1, -0.05) is 39.0 Å². The van der Waals surface area contributed by atoms with E-state index in [1.807, 2.05) is 26.8 Å². The van der Waals surface area contributed by atoms with Crippen molar-refractivity contribution >= 4 is 34.2 Å². The smallest absolute Gasteiger partial charge is 0.254 e. The lowest BCUT2D eigenvalue weighted by molar-refractivity contribution is -0.120. The molecule has 2 rings (SSSR count). The van der Waals surface area contributed by atoms with E-state index in [1.165, 1.54) is 11.3 Å². The van der Waals surface area contributed by atoms with Gasteiger partial charge in [0, 0.05) is 24.0 Å². The Bertz CT molecular complexity index is 820. The van der Waals surface area contributed by atoms with Crippen LogP contribution < -0.4 is 10.6 Å². The van der Waals surface area contributed by atoms with Gasteiger partial charge in [0.1, 0.15) is 6.54 Å². The number of nitrogens with one attached hydrogen (secondary N) is 2. The van der Waals surface area contributed by atoms with Crippen molar-refractivity contribution in [2.45, 2.75) is 33.6 Å². The summed E-state index contributed by atoms with van der Waals surface area (Å²) in [5.41, 5.74) is 1.16. The summed E-state index contributed by atoms with van der Waals surface area (Å²) in [4.78, 5) is 42.9. The molecule has 0 aliphatic heterocycles. The van der Waals surface area contributed by atoms with Gasteiger partial charge in [-0.05, 0) is 24.5 Å². The van der Waals surface area contributed by atoms with E-state index in [0.717, 1.165) is 6.42 Å². The topological polar surface area (TPSA) is 91.4 Å². The third-order valence-corrected chi connectivity index (χ3v) is 4.75. The molecule has 0 aliphatic rings. The molecule has 2 aromatic rings. The molecule has 156 valence electrons. The molecule has 29 heavy (non-hydrogen) atoms. The van der Waals surface area contributed by atoms with Crippen LogP contribution in [0.4, 0.5) is 5.13 Å². The molecule has 8 heteroatoms. The lowest BCUT2D eigenvalue weighted by Gasteiger charge is -2.24. The van der Waals surface area contributed by atoms with Gasteiger partial charge in [0.2, 0.25) is 11.8 Å². The lowest BCUT2D eigenvalue weighted by atomic mass is 10.1. The Labute approximate surface area is 175 Å². The number of carbonyl (C=O) groups excluding carboxylic acids is 3. The number of nitrogens with zero attached hydrogens (tertiary/aromatic N) is 2. The van der Waals surface area contributed by atoms with Gasteiger partial charge in [-0.3, -0.25) is 14.4 Å². The van der Waals surface area contributed by atoms with Gasteiger partial charge in [0.05, 0.1) is 12.1 Å². The average molecular weight is 417 g/mol.